The monoisotopic (exact) mass is 390 g/mol. The van der Waals surface area contributed by atoms with Crippen molar-refractivity contribution in [3.05, 3.63) is 82.6 Å². The molecule has 0 saturated heterocycles. The number of rotatable bonds is 5. The fourth-order valence-electron chi connectivity index (χ4n) is 2.64. The van der Waals surface area contributed by atoms with Crippen LogP contribution in [0.25, 0.3) is 17.4 Å². The number of halogens is 1. The molecule has 28 heavy (non-hydrogen) atoms. The van der Waals surface area contributed by atoms with Gasteiger partial charge in [-0.3, -0.25) is 4.79 Å². The smallest absolute Gasteiger partial charge is 0.266 e. The van der Waals surface area contributed by atoms with Gasteiger partial charge in [-0.25, -0.2) is 0 Å². The maximum atomic E-state index is 12.4. The van der Waals surface area contributed by atoms with E-state index in [2.05, 4.69) is 19.2 Å². The summed E-state index contributed by atoms with van der Waals surface area (Å²) in [5.74, 6) is 0.981. The van der Waals surface area contributed by atoms with Gasteiger partial charge in [-0.1, -0.05) is 37.6 Å². The molecule has 0 aliphatic heterocycles. The van der Waals surface area contributed by atoms with Crippen LogP contribution in [0.3, 0.4) is 0 Å². The Morgan fingerprint density at radius 3 is 2.36 bits per heavy atom. The van der Waals surface area contributed by atoms with Crippen molar-refractivity contribution in [1.29, 1.82) is 5.26 Å². The molecule has 0 spiro atoms. The molecule has 1 aromatic heterocycles. The molecule has 4 nitrogen and oxygen atoms in total. The number of amides is 1. The van der Waals surface area contributed by atoms with Gasteiger partial charge in [0, 0.05) is 22.3 Å². The average molecular weight is 391 g/mol. The first-order valence-corrected chi connectivity index (χ1v) is 9.23. The van der Waals surface area contributed by atoms with Crippen molar-refractivity contribution in [1.82, 2.24) is 0 Å². The number of nitrogens with one attached hydrogen (secondary N) is 1. The molecule has 0 fully saturated rings. The standard InChI is InChI=1S/C23H19ClN2O2/c1-15(2)16-5-9-20(10-6-16)26-23(27)18(14-25)13-21-11-12-22(28-21)17-3-7-19(24)8-4-17/h3-13,15H,1-2H3,(H,26,27)/b18-13+. The van der Waals surface area contributed by atoms with Crippen LogP contribution in [0.1, 0.15) is 31.1 Å². The highest BCUT2D eigenvalue weighted by Gasteiger charge is 2.12. The largest absolute Gasteiger partial charge is 0.457 e. The Kier molecular flexibility index (Phi) is 5.98. The van der Waals surface area contributed by atoms with Crippen LogP contribution in [0.5, 0.6) is 0 Å². The number of nitrogens with zero attached hydrogens (tertiary/aromatic N) is 1. The second-order valence-corrected chi connectivity index (χ2v) is 7.05. The summed E-state index contributed by atoms with van der Waals surface area (Å²) in [7, 11) is 0. The maximum Gasteiger partial charge on any atom is 0.266 e. The number of furan rings is 1. The minimum atomic E-state index is -0.482. The summed E-state index contributed by atoms with van der Waals surface area (Å²) in [6.07, 6.45) is 1.43. The van der Waals surface area contributed by atoms with Gasteiger partial charge in [-0.15, -0.1) is 0 Å². The number of anilines is 1. The highest BCUT2D eigenvalue weighted by Crippen LogP contribution is 2.25. The van der Waals surface area contributed by atoms with Crippen LogP contribution in [0.4, 0.5) is 5.69 Å². The lowest BCUT2D eigenvalue weighted by molar-refractivity contribution is -0.112. The summed E-state index contributed by atoms with van der Waals surface area (Å²) >= 11 is 5.90. The molecule has 1 amide bonds. The maximum absolute atomic E-state index is 12.4. The van der Waals surface area contributed by atoms with Gasteiger partial charge in [0.1, 0.15) is 23.2 Å². The predicted octanol–water partition coefficient (Wildman–Crippen LogP) is 6.27. The third-order valence-corrected chi connectivity index (χ3v) is 4.49. The van der Waals surface area contributed by atoms with E-state index in [1.807, 2.05) is 42.5 Å². The lowest BCUT2D eigenvalue weighted by Crippen LogP contribution is -2.13. The van der Waals surface area contributed by atoms with E-state index in [4.69, 9.17) is 16.0 Å². The Balaban J connectivity index is 1.75. The summed E-state index contributed by atoms with van der Waals surface area (Å²) in [5, 5.41) is 12.7. The lowest BCUT2D eigenvalue weighted by Gasteiger charge is -2.08. The summed E-state index contributed by atoms with van der Waals surface area (Å²) in [6, 6.07) is 20.2. The Morgan fingerprint density at radius 2 is 1.75 bits per heavy atom. The normalized spacial score (nSPS) is 11.3. The van der Waals surface area contributed by atoms with Crippen molar-refractivity contribution in [3.63, 3.8) is 0 Å². The number of hydrogen-bond acceptors (Lipinski definition) is 3. The first-order valence-electron chi connectivity index (χ1n) is 8.85. The molecule has 1 heterocycles. The number of carbonyl (C=O) groups excluding carboxylic acids is 1. The highest BCUT2D eigenvalue weighted by molar-refractivity contribution is 6.30. The molecule has 0 radical (unpaired) electrons. The lowest BCUT2D eigenvalue weighted by atomic mass is 10.0. The molecule has 3 rings (SSSR count). The second kappa shape index (κ2) is 8.60. The first-order chi connectivity index (χ1) is 13.5. The van der Waals surface area contributed by atoms with Gasteiger partial charge in [-0.05, 0) is 60.0 Å². The molecule has 5 heteroatoms. The SMILES string of the molecule is CC(C)c1ccc(NC(=O)/C(C#N)=C/c2ccc(-c3ccc(Cl)cc3)o2)cc1. The van der Waals surface area contributed by atoms with Crippen LogP contribution >= 0.6 is 11.6 Å². The Bertz CT molecular complexity index is 1040. The van der Waals surface area contributed by atoms with Gasteiger partial charge in [0.2, 0.25) is 0 Å². The first kappa shape index (κ1) is 19.5. The molecule has 140 valence electrons. The topological polar surface area (TPSA) is 66.0 Å². The molecular weight excluding hydrogens is 372 g/mol. The van der Waals surface area contributed by atoms with Gasteiger partial charge in [0.05, 0.1) is 0 Å². The summed E-state index contributed by atoms with van der Waals surface area (Å²) in [6.45, 7) is 4.21. The van der Waals surface area contributed by atoms with Crippen molar-refractivity contribution >= 4 is 29.3 Å². The summed E-state index contributed by atoms with van der Waals surface area (Å²) in [5.41, 5.74) is 2.64. The highest BCUT2D eigenvalue weighted by atomic mass is 35.5. The molecule has 0 saturated carbocycles. The van der Waals surface area contributed by atoms with Crippen molar-refractivity contribution in [3.8, 4) is 17.4 Å². The van der Waals surface area contributed by atoms with E-state index < -0.39 is 5.91 Å². The van der Waals surface area contributed by atoms with Crippen molar-refractivity contribution in [2.75, 3.05) is 5.32 Å². The van der Waals surface area contributed by atoms with Gasteiger partial charge in [0.15, 0.2) is 0 Å². The van der Waals surface area contributed by atoms with Gasteiger partial charge in [-0.2, -0.15) is 5.26 Å². The van der Waals surface area contributed by atoms with Crippen LogP contribution in [0, 0.1) is 11.3 Å². The van der Waals surface area contributed by atoms with Crippen LogP contribution in [0.15, 0.2) is 70.7 Å². The molecule has 3 aromatic rings. The van der Waals surface area contributed by atoms with Gasteiger partial charge < -0.3 is 9.73 Å². The predicted molar refractivity (Wildman–Crippen MR) is 112 cm³/mol. The molecule has 0 bridgehead atoms. The molecule has 0 atom stereocenters. The van der Waals surface area contributed by atoms with Crippen LogP contribution in [0.2, 0.25) is 5.02 Å². The molecule has 0 unspecified atom stereocenters. The number of carbonyl (C=O) groups is 1. The van der Waals surface area contributed by atoms with Crippen LogP contribution < -0.4 is 5.32 Å². The van der Waals surface area contributed by atoms with E-state index in [9.17, 15) is 10.1 Å². The minimum absolute atomic E-state index is 0.0371. The van der Waals surface area contributed by atoms with E-state index >= 15 is 0 Å². The molecule has 0 aliphatic rings. The average Bonchev–Trinajstić information content (AvgIpc) is 3.15. The zero-order chi connectivity index (χ0) is 20.1. The number of nitriles is 1. The zero-order valence-corrected chi connectivity index (χ0v) is 16.3. The van der Waals surface area contributed by atoms with E-state index in [0.717, 1.165) is 5.56 Å². The molecule has 0 aliphatic carbocycles. The zero-order valence-electron chi connectivity index (χ0n) is 15.6. The summed E-state index contributed by atoms with van der Waals surface area (Å²) in [4.78, 5) is 12.4. The van der Waals surface area contributed by atoms with Crippen LogP contribution in [-0.2, 0) is 4.79 Å². The molecule has 2 aromatic carbocycles. The van der Waals surface area contributed by atoms with Gasteiger partial charge in [0.25, 0.3) is 5.91 Å². The third kappa shape index (κ3) is 4.70. The Morgan fingerprint density at radius 1 is 1.07 bits per heavy atom. The number of benzene rings is 2. The fraction of sp³-hybridized carbons (Fsp3) is 0.130. The Labute approximate surface area is 169 Å². The quantitative estimate of drug-likeness (QED) is 0.412. The number of hydrogen-bond donors (Lipinski definition) is 1. The van der Waals surface area contributed by atoms with E-state index in [1.165, 1.54) is 11.6 Å². The van der Waals surface area contributed by atoms with E-state index in [0.29, 0.717) is 28.1 Å². The Hall–Kier alpha value is -3.29. The van der Waals surface area contributed by atoms with Crippen molar-refractivity contribution < 1.29 is 9.21 Å². The molecule has 1 N–H and O–H groups in total. The van der Waals surface area contributed by atoms with E-state index in [-0.39, 0.29) is 5.57 Å². The van der Waals surface area contributed by atoms with Gasteiger partial charge >= 0.3 is 0 Å². The minimum Gasteiger partial charge on any atom is -0.457 e. The van der Waals surface area contributed by atoms with Crippen molar-refractivity contribution in [2.45, 2.75) is 19.8 Å². The third-order valence-electron chi connectivity index (χ3n) is 4.24. The summed E-state index contributed by atoms with van der Waals surface area (Å²) < 4.78 is 5.73. The molecular formula is C23H19ClN2O2. The van der Waals surface area contributed by atoms with Crippen molar-refractivity contribution in [2.24, 2.45) is 0 Å². The van der Waals surface area contributed by atoms with Crippen LogP contribution in [-0.4, -0.2) is 5.91 Å². The fourth-order valence-corrected chi connectivity index (χ4v) is 2.77. The van der Waals surface area contributed by atoms with E-state index in [1.54, 1.807) is 24.3 Å². The second-order valence-electron chi connectivity index (χ2n) is 6.61.